The average Bonchev–Trinajstić information content (AvgIpc) is 3.04. The number of anilines is 1. The van der Waals surface area contributed by atoms with Crippen LogP contribution >= 0.6 is 11.3 Å². The molecule has 10 heteroatoms. The maximum Gasteiger partial charge on any atom is 0.445 e. The molecule has 0 saturated carbocycles. The molecular formula is C11H14F3N3O3S. The quantitative estimate of drug-likeness (QED) is 0.891. The van der Waals surface area contributed by atoms with Gasteiger partial charge in [-0.1, -0.05) is 18.3 Å². The van der Waals surface area contributed by atoms with Gasteiger partial charge in [-0.25, -0.2) is 0 Å². The van der Waals surface area contributed by atoms with Gasteiger partial charge in [0.05, 0.1) is 19.3 Å². The van der Waals surface area contributed by atoms with Crippen LogP contribution in [0.25, 0.3) is 0 Å². The van der Waals surface area contributed by atoms with Gasteiger partial charge in [0, 0.05) is 6.54 Å². The van der Waals surface area contributed by atoms with Crippen molar-refractivity contribution in [3.8, 4) is 0 Å². The molecule has 0 spiro atoms. The Morgan fingerprint density at radius 1 is 1.48 bits per heavy atom. The number of alkyl halides is 3. The molecule has 2 rings (SSSR count). The van der Waals surface area contributed by atoms with Crippen LogP contribution in [0.15, 0.2) is 0 Å². The van der Waals surface area contributed by atoms with Gasteiger partial charge in [-0.3, -0.25) is 4.79 Å². The Labute approximate surface area is 122 Å². The van der Waals surface area contributed by atoms with Crippen molar-refractivity contribution < 1.29 is 27.8 Å². The summed E-state index contributed by atoms with van der Waals surface area (Å²) in [5.74, 6) is -1.81. The molecule has 1 aliphatic heterocycles. The van der Waals surface area contributed by atoms with E-state index in [1.807, 2.05) is 6.92 Å². The number of rotatable bonds is 5. The van der Waals surface area contributed by atoms with E-state index >= 15 is 0 Å². The summed E-state index contributed by atoms with van der Waals surface area (Å²) < 4.78 is 43.0. The van der Waals surface area contributed by atoms with Crippen LogP contribution in [0.3, 0.4) is 0 Å². The van der Waals surface area contributed by atoms with Gasteiger partial charge in [0.25, 0.3) is 0 Å². The standard InChI is InChI=1S/C11H14F3N3O3S/c1-2-3-17(7-5-20-4-6(7)8(18)19)10-16-15-9(21-10)11(12,13)14/h6-7H,2-5H2,1H3,(H,18,19). The average molecular weight is 325 g/mol. The molecule has 0 radical (unpaired) electrons. The van der Waals surface area contributed by atoms with Crippen molar-refractivity contribution in [1.82, 2.24) is 10.2 Å². The maximum atomic E-state index is 12.6. The minimum atomic E-state index is -4.55. The highest BCUT2D eigenvalue weighted by atomic mass is 32.1. The third kappa shape index (κ3) is 3.43. The van der Waals surface area contributed by atoms with E-state index in [9.17, 15) is 18.0 Å². The molecule has 1 fully saturated rings. The molecule has 0 aliphatic carbocycles. The fourth-order valence-corrected chi connectivity index (χ4v) is 2.97. The van der Waals surface area contributed by atoms with Gasteiger partial charge in [0.2, 0.25) is 10.1 Å². The molecule has 0 amide bonds. The number of hydrogen-bond donors (Lipinski definition) is 1. The smallest absolute Gasteiger partial charge is 0.445 e. The minimum Gasteiger partial charge on any atom is -0.481 e. The first-order chi connectivity index (χ1) is 9.84. The number of halogens is 3. The van der Waals surface area contributed by atoms with Crippen LogP contribution in [0, 0.1) is 5.92 Å². The lowest BCUT2D eigenvalue weighted by atomic mass is 10.0. The van der Waals surface area contributed by atoms with E-state index in [4.69, 9.17) is 9.84 Å². The number of carboxylic acid groups (broad SMARTS) is 1. The highest BCUT2D eigenvalue weighted by molar-refractivity contribution is 7.15. The van der Waals surface area contributed by atoms with Gasteiger partial charge < -0.3 is 14.7 Å². The largest absolute Gasteiger partial charge is 0.481 e. The normalized spacial score (nSPS) is 22.5. The van der Waals surface area contributed by atoms with E-state index in [1.54, 1.807) is 4.90 Å². The first kappa shape index (κ1) is 16.0. The molecule has 0 bridgehead atoms. The maximum absolute atomic E-state index is 12.6. The second-order valence-corrected chi connectivity index (χ2v) is 5.59. The predicted molar refractivity (Wildman–Crippen MR) is 68.3 cm³/mol. The topological polar surface area (TPSA) is 75.5 Å². The van der Waals surface area contributed by atoms with E-state index in [-0.39, 0.29) is 18.3 Å². The fraction of sp³-hybridized carbons (Fsp3) is 0.727. The highest BCUT2D eigenvalue weighted by Crippen LogP contribution is 2.36. The Morgan fingerprint density at radius 3 is 2.71 bits per heavy atom. The van der Waals surface area contributed by atoms with Crippen LogP contribution in [-0.2, 0) is 15.7 Å². The second-order valence-electron chi connectivity index (χ2n) is 4.63. The van der Waals surface area contributed by atoms with Crippen molar-refractivity contribution in [2.45, 2.75) is 25.6 Å². The molecular weight excluding hydrogens is 311 g/mol. The zero-order chi connectivity index (χ0) is 15.6. The van der Waals surface area contributed by atoms with E-state index < -0.39 is 29.1 Å². The van der Waals surface area contributed by atoms with Crippen molar-refractivity contribution in [2.75, 3.05) is 24.7 Å². The first-order valence-corrected chi connectivity index (χ1v) is 7.14. The molecule has 6 nitrogen and oxygen atoms in total. The fourth-order valence-electron chi connectivity index (χ4n) is 2.18. The molecule has 1 aromatic rings. The second kappa shape index (κ2) is 6.14. The lowest BCUT2D eigenvalue weighted by Gasteiger charge is -2.29. The summed E-state index contributed by atoms with van der Waals surface area (Å²) in [5, 5.41) is 14.9. The Kier molecular flexibility index (Phi) is 4.67. The number of carboxylic acids is 1. The van der Waals surface area contributed by atoms with Gasteiger partial charge in [0.1, 0.15) is 5.92 Å². The van der Waals surface area contributed by atoms with E-state index in [0.29, 0.717) is 24.3 Å². The summed E-state index contributed by atoms with van der Waals surface area (Å²) in [4.78, 5) is 12.8. The highest BCUT2D eigenvalue weighted by Gasteiger charge is 2.41. The number of ether oxygens (including phenoxy) is 1. The summed E-state index contributed by atoms with van der Waals surface area (Å²) in [6.07, 6.45) is -3.91. The van der Waals surface area contributed by atoms with Gasteiger partial charge in [-0.15, -0.1) is 10.2 Å². The molecule has 118 valence electrons. The Bertz CT molecular complexity index is 508. The van der Waals surface area contributed by atoms with Crippen LogP contribution in [0.1, 0.15) is 18.4 Å². The van der Waals surface area contributed by atoms with Gasteiger partial charge >= 0.3 is 12.1 Å². The number of nitrogens with zero attached hydrogens (tertiary/aromatic N) is 3. The molecule has 21 heavy (non-hydrogen) atoms. The third-order valence-corrected chi connectivity index (χ3v) is 4.14. The number of aromatic nitrogens is 2. The zero-order valence-electron chi connectivity index (χ0n) is 11.1. The lowest BCUT2D eigenvalue weighted by Crippen LogP contribution is -2.43. The van der Waals surface area contributed by atoms with Crippen molar-refractivity contribution in [2.24, 2.45) is 5.92 Å². The summed E-state index contributed by atoms with van der Waals surface area (Å²) in [5.41, 5.74) is 0. The first-order valence-electron chi connectivity index (χ1n) is 6.32. The molecule has 1 saturated heterocycles. The van der Waals surface area contributed by atoms with Crippen molar-refractivity contribution in [1.29, 1.82) is 0 Å². The Hall–Kier alpha value is -1.42. The van der Waals surface area contributed by atoms with Crippen LogP contribution in [0.4, 0.5) is 18.3 Å². The van der Waals surface area contributed by atoms with E-state index in [1.165, 1.54) is 0 Å². The lowest BCUT2D eigenvalue weighted by molar-refractivity contribution is -0.142. The SMILES string of the molecule is CCCN(c1nnc(C(F)(F)F)s1)C1COCC1C(=O)O. The molecule has 2 heterocycles. The van der Waals surface area contributed by atoms with E-state index in [0.717, 1.165) is 0 Å². The summed E-state index contributed by atoms with van der Waals surface area (Å²) in [7, 11) is 0. The van der Waals surface area contributed by atoms with Gasteiger partial charge in [-0.05, 0) is 6.42 Å². The third-order valence-electron chi connectivity index (χ3n) is 3.14. The molecule has 0 aromatic carbocycles. The van der Waals surface area contributed by atoms with Crippen molar-refractivity contribution in [3.05, 3.63) is 5.01 Å². The summed E-state index contributed by atoms with van der Waals surface area (Å²) >= 11 is 0.419. The van der Waals surface area contributed by atoms with Crippen LogP contribution < -0.4 is 4.90 Å². The van der Waals surface area contributed by atoms with Crippen molar-refractivity contribution in [3.63, 3.8) is 0 Å². The monoisotopic (exact) mass is 325 g/mol. The number of carbonyl (C=O) groups is 1. The van der Waals surface area contributed by atoms with Crippen LogP contribution in [-0.4, -0.2) is 47.1 Å². The van der Waals surface area contributed by atoms with Crippen LogP contribution in [0.5, 0.6) is 0 Å². The molecule has 1 N–H and O–H groups in total. The minimum absolute atomic E-state index is 0.0468. The number of hydrogen-bond acceptors (Lipinski definition) is 6. The zero-order valence-corrected chi connectivity index (χ0v) is 11.9. The molecule has 2 unspecified atom stereocenters. The Balaban J connectivity index is 2.26. The molecule has 2 atom stereocenters. The summed E-state index contributed by atoms with van der Waals surface area (Å²) in [6.45, 7) is 2.44. The van der Waals surface area contributed by atoms with Crippen molar-refractivity contribution >= 4 is 22.4 Å². The van der Waals surface area contributed by atoms with Gasteiger partial charge in [-0.2, -0.15) is 13.2 Å². The van der Waals surface area contributed by atoms with E-state index in [2.05, 4.69) is 10.2 Å². The predicted octanol–water partition coefficient (Wildman–Crippen LogP) is 1.87. The Morgan fingerprint density at radius 2 is 2.19 bits per heavy atom. The summed E-state index contributed by atoms with van der Waals surface area (Å²) in [6, 6.07) is -0.531. The van der Waals surface area contributed by atoms with Crippen LogP contribution in [0.2, 0.25) is 0 Å². The molecule has 1 aliphatic rings. The molecule has 1 aromatic heterocycles. The van der Waals surface area contributed by atoms with Gasteiger partial charge in [0.15, 0.2) is 0 Å². The number of aliphatic carboxylic acids is 1.